The lowest BCUT2D eigenvalue weighted by atomic mass is 10.1. The highest BCUT2D eigenvalue weighted by Crippen LogP contribution is 2.23. The van der Waals surface area contributed by atoms with Crippen LogP contribution in [0.1, 0.15) is 12.0 Å². The lowest BCUT2D eigenvalue weighted by molar-refractivity contribution is 0.417. The summed E-state index contributed by atoms with van der Waals surface area (Å²) in [6.07, 6.45) is 1.40. The third-order valence-corrected chi connectivity index (χ3v) is 3.29. The van der Waals surface area contributed by atoms with E-state index >= 15 is 0 Å². The first-order chi connectivity index (χ1) is 10.5. The molecule has 0 amide bonds. The molecule has 2 rings (SSSR count). The molecule has 3 N–H and O–H groups in total. The van der Waals surface area contributed by atoms with Crippen LogP contribution in [0, 0.1) is 17.5 Å². The minimum absolute atomic E-state index is 0.0480. The fraction of sp³-hybridized carbons (Fsp3) is 0.250. The number of nitrogens with one attached hydrogen (secondary N) is 1. The van der Waals surface area contributed by atoms with Gasteiger partial charge in [0.25, 0.3) is 0 Å². The molecule has 0 aromatic heterocycles. The SMILES string of the molecule is COc1ccc(CCCNc2ccc(F)c(F)c2F)cc1N. The van der Waals surface area contributed by atoms with Crippen molar-refractivity contribution in [3.05, 3.63) is 53.3 Å². The van der Waals surface area contributed by atoms with E-state index in [2.05, 4.69) is 5.32 Å². The molecule has 0 atom stereocenters. The number of halogens is 3. The molecule has 2 aromatic carbocycles. The largest absolute Gasteiger partial charge is 0.495 e. The zero-order chi connectivity index (χ0) is 16.1. The highest BCUT2D eigenvalue weighted by molar-refractivity contribution is 5.54. The Hall–Kier alpha value is -2.37. The van der Waals surface area contributed by atoms with Crippen molar-refractivity contribution in [2.75, 3.05) is 24.7 Å². The summed E-state index contributed by atoms with van der Waals surface area (Å²) >= 11 is 0. The van der Waals surface area contributed by atoms with Crippen molar-refractivity contribution in [1.29, 1.82) is 0 Å². The van der Waals surface area contributed by atoms with Crippen LogP contribution in [-0.2, 0) is 6.42 Å². The molecule has 0 spiro atoms. The monoisotopic (exact) mass is 310 g/mol. The predicted octanol–water partition coefficient (Wildman–Crippen LogP) is 3.74. The minimum Gasteiger partial charge on any atom is -0.495 e. The average Bonchev–Trinajstić information content (AvgIpc) is 2.51. The minimum atomic E-state index is -1.46. The summed E-state index contributed by atoms with van der Waals surface area (Å²) in [6.45, 7) is 0.425. The van der Waals surface area contributed by atoms with Gasteiger partial charge in [-0.1, -0.05) is 6.07 Å². The van der Waals surface area contributed by atoms with Gasteiger partial charge in [-0.2, -0.15) is 0 Å². The van der Waals surface area contributed by atoms with Gasteiger partial charge < -0.3 is 15.8 Å². The first-order valence-corrected chi connectivity index (χ1v) is 6.82. The molecule has 0 aliphatic heterocycles. The number of aryl methyl sites for hydroxylation is 1. The summed E-state index contributed by atoms with van der Waals surface area (Å²) in [7, 11) is 1.55. The summed E-state index contributed by atoms with van der Waals surface area (Å²) in [4.78, 5) is 0. The molecule has 0 fully saturated rings. The maximum absolute atomic E-state index is 13.4. The fourth-order valence-corrected chi connectivity index (χ4v) is 2.12. The first-order valence-electron chi connectivity index (χ1n) is 6.82. The smallest absolute Gasteiger partial charge is 0.196 e. The molecule has 0 bridgehead atoms. The standard InChI is InChI=1S/C16H17F3N2O/c1-22-14-7-4-10(9-12(14)20)3-2-8-21-13-6-5-11(17)15(18)16(13)19/h4-7,9,21H,2-3,8,20H2,1H3. The van der Waals surface area contributed by atoms with Crippen LogP contribution in [0.2, 0.25) is 0 Å². The second-order valence-electron chi connectivity index (χ2n) is 4.83. The molecule has 0 heterocycles. The normalized spacial score (nSPS) is 10.5. The van der Waals surface area contributed by atoms with Crippen LogP contribution in [0.15, 0.2) is 30.3 Å². The lowest BCUT2D eigenvalue weighted by Gasteiger charge is -2.09. The Balaban J connectivity index is 1.87. The number of anilines is 2. The lowest BCUT2D eigenvalue weighted by Crippen LogP contribution is -2.06. The van der Waals surface area contributed by atoms with Gasteiger partial charge in [0, 0.05) is 6.54 Å². The molecule has 0 aliphatic rings. The molecule has 0 radical (unpaired) electrons. The molecule has 2 aromatic rings. The number of rotatable bonds is 6. The van der Waals surface area contributed by atoms with E-state index in [0.29, 0.717) is 30.8 Å². The molecule has 6 heteroatoms. The van der Waals surface area contributed by atoms with E-state index in [0.717, 1.165) is 11.6 Å². The van der Waals surface area contributed by atoms with Gasteiger partial charge in [0.1, 0.15) is 5.75 Å². The summed E-state index contributed by atoms with van der Waals surface area (Å²) in [6, 6.07) is 7.57. The van der Waals surface area contributed by atoms with E-state index in [1.807, 2.05) is 12.1 Å². The summed E-state index contributed by atoms with van der Waals surface area (Å²) in [5.41, 5.74) is 7.34. The van der Waals surface area contributed by atoms with E-state index in [1.165, 1.54) is 6.07 Å². The van der Waals surface area contributed by atoms with E-state index < -0.39 is 17.5 Å². The van der Waals surface area contributed by atoms with Crippen LogP contribution in [0.3, 0.4) is 0 Å². The maximum Gasteiger partial charge on any atom is 0.196 e. The molecule has 0 saturated heterocycles. The van der Waals surface area contributed by atoms with Gasteiger partial charge in [-0.3, -0.25) is 0 Å². The Morgan fingerprint density at radius 2 is 1.86 bits per heavy atom. The molecular weight excluding hydrogens is 293 g/mol. The number of hydrogen-bond donors (Lipinski definition) is 2. The maximum atomic E-state index is 13.4. The fourth-order valence-electron chi connectivity index (χ4n) is 2.12. The van der Waals surface area contributed by atoms with Gasteiger partial charge in [0.2, 0.25) is 0 Å². The number of methoxy groups -OCH3 is 1. The third-order valence-electron chi connectivity index (χ3n) is 3.29. The quantitative estimate of drug-likeness (QED) is 0.485. The number of ether oxygens (including phenoxy) is 1. The highest BCUT2D eigenvalue weighted by Gasteiger charge is 2.12. The number of benzene rings is 2. The Morgan fingerprint density at radius 1 is 1.09 bits per heavy atom. The molecule has 0 unspecified atom stereocenters. The molecule has 3 nitrogen and oxygen atoms in total. The summed E-state index contributed by atoms with van der Waals surface area (Å²) < 4.78 is 44.4. The second kappa shape index (κ2) is 7.06. The number of nitrogens with two attached hydrogens (primary N) is 1. The van der Waals surface area contributed by atoms with Crippen LogP contribution in [0.4, 0.5) is 24.5 Å². The van der Waals surface area contributed by atoms with Crippen molar-refractivity contribution in [2.24, 2.45) is 0 Å². The molecule has 0 saturated carbocycles. The summed E-state index contributed by atoms with van der Waals surface area (Å²) in [5.74, 6) is -3.25. The van der Waals surface area contributed by atoms with Crippen molar-refractivity contribution in [3.63, 3.8) is 0 Å². The third kappa shape index (κ3) is 3.63. The van der Waals surface area contributed by atoms with Crippen LogP contribution < -0.4 is 15.8 Å². The van der Waals surface area contributed by atoms with Crippen molar-refractivity contribution in [2.45, 2.75) is 12.8 Å². The zero-order valence-corrected chi connectivity index (χ0v) is 12.1. The van der Waals surface area contributed by atoms with Gasteiger partial charge in [-0.05, 0) is 42.7 Å². The Labute approximate surface area is 126 Å². The number of hydrogen-bond acceptors (Lipinski definition) is 3. The van der Waals surface area contributed by atoms with Crippen molar-refractivity contribution >= 4 is 11.4 Å². The Morgan fingerprint density at radius 3 is 2.55 bits per heavy atom. The van der Waals surface area contributed by atoms with Crippen molar-refractivity contribution in [1.82, 2.24) is 0 Å². The van der Waals surface area contributed by atoms with Crippen molar-refractivity contribution < 1.29 is 17.9 Å². The molecular formula is C16H17F3N2O. The molecule has 118 valence electrons. The van der Waals surface area contributed by atoms with Gasteiger partial charge in [-0.15, -0.1) is 0 Å². The highest BCUT2D eigenvalue weighted by atomic mass is 19.2. The van der Waals surface area contributed by atoms with Gasteiger partial charge in [0.15, 0.2) is 17.5 Å². The topological polar surface area (TPSA) is 47.3 Å². The van der Waals surface area contributed by atoms with Gasteiger partial charge in [-0.25, -0.2) is 13.2 Å². The second-order valence-corrected chi connectivity index (χ2v) is 4.83. The first kappa shape index (κ1) is 16.0. The predicted molar refractivity (Wildman–Crippen MR) is 80.5 cm³/mol. The number of nitrogen functional groups attached to an aromatic ring is 1. The van der Waals surface area contributed by atoms with E-state index in [4.69, 9.17) is 10.5 Å². The molecule has 0 aliphatic carbocycles. The zero-order valence-electron chi connectivity index (χ0n) is 12.1. The van der Waals surface area contributed by atoms with E-state index in [1.54, 1.807) is 13.2 Å². The van der Waals surface area contributed by atoms with E-state index in [9.17, 15) is 13.2 Å². The van der Waals surface area contributed by atoms with Crippen molar-refractivity contribution in [3.8, 4) is 5.75 Å². The van der Waals surface area contributed by atoms with Crippen LogP contribution >= 0.6 is 0 Å². The van der Waals surface area contributed by atoms with E-state index in [-0.39, 0.29) is 5.69 Å². The van der Waals surface area contributed by atoms with Gasteiger partial charge >= 0.3 is 0 Å². The molecule has 22 heavy (non-hydrogen) atoms. The summed E-state index contributed by atoms with van der Waals surface area (Å²) in [5, 5.41) is 2.75. The van der Waals surface area contributed by atoms with Crippen LogP contribution in [-0.4, -0.2) is 13.7 Å². The average molecular weight is 310 g/mol. The van der Waals surface area contributed by atoms with Crippen LogP contribution in [0.5, 0.6) is 5.75 Å². The van der Waals surface area contributed by atoms with Crippen LogP contribution in [0.25, 0.3) is 0 Å². The Kier molecular flexibility index (Phi) is 5.14. The van der Waals surface area contributed by atoms with Gasteiger partial charge in [0.05, 0.1) is 18.5 Å². The Bertz CT molecular complexity index is 662.